The fourth-order valence-corrected chi connectivity index (χ4v) is 1.93. The monoisotopic (exact) mass is 284 g/mol. The summed E-state index contributed by atoms with van der Waals surface area (Å²) in [6.07, 6.45) is 0.383. The summed E-state index contributed by atoms with van der Waals surface area (Å²) in [7, 11) is 2.97. The lowest BCUT2D eigenvalue weighted by Crippen LogP contribution is -2.38. The van der Waals surface area contributed by atoms with Crippen molar-refractivity contribution < 1.29 is 13.9 Å². The van der Waals surface area contributed by atoms with Gasteiger partial charge in [0.05, 0.1) is 12.1 Å². The van der Waals surface area contributed by atoms with Crippen molar-refractivity contribution in [3.63, 3.8) is 0 Å². The Labute approximate surface area is 117 Å². The van der Waals surface area contributed by atoms with Crippen LogP contribution in [0.15, 0.2) is 18.2 Å². The number of carbonyl (C=O) groups excluding carboxylic acids is 1. The molecule has 104 valence electrons. The Balaban J connectivity index is 3.03. The molecular formula is C13H17FN2O2S. The van der Waals surface area contributed by atoms with Crippen molar-refractivity contribution >= 4 is 23.1 Å². The fraction of sp³-hybridized carbons (Fsp3) is 0.385. The minimum Gasteiger partial charge on any atom is -0.496 e. The van der Waals surface area contributed by atoms with Crippen LogP contribution >= 0.6 is 12.2 Å². The molecule has 19 heavy (non-hydrogen) atoms. The van der Waals surface area contributed by atoms with Gasteiger partial charge in [-0.3, -0.25) is 4.79 Å². The van der Waals surface area contributed by atoms with Crippen LogP contribution in [0.25, 0.3) is 0 Å². The number of hydrogen-bond acceptors (Lipinski definition) is 3. The Morgan fingerprint density at radius 3 is 2.74 bits per heavy atom. The van der Waals surface area contributed by atoms with E-state index in [9.17, 15) is 9.18 Å². The van der Waals surface area contributed by atoms with Crippen molar-refractivity contribution in [3.8, 4) is 5.75 Å². The van der Waals surface area contributed by atoms with Gasteiger partial charge in [-0.15, -0.1) is 0 Å². The maximum atomic E-state index is 13.8. The van der Waals surface area contributed by atoms with E-state index in [-0.39, 0.29) is 17.4 Å². The number of rotatable bonds is 5. The molecule has 1 amide bonds. The molecule has 1 aromatic carbocycles. The summed E-state index contributed by atoms with van der Waals surface area (Å²) in [6.45, 7) is 1.80. The van der Waals surface area contributed by atoms with Crippen LogP contribution in [0.3, 0.4) is 0 Å². The number of ether oxygens (including phenoxy) is 1. The highest BCUT2D eigenvalue weighted by atomic mass is 32.1. The lowest BCUT2D eigenvalue weighted by molar-refractivity contribution is 0.0739. The van der Waals surface area contributed by atoms with E-state index < -0.39 is 11.7 Å². The van der Waals surface area contributed by atoms with E-state index in [4.69, 9.17) is 22.7 Å². The third-order valence-corrected chi connectivity index (χ3v) is 3.05. The van der Waals surface area contributed by atoms with Crippen LogP contribution in [0.2, 0.25) is 0 Å². The molecule has 0 aliphatic heterocycles. The van der Waals surface area contributed by atoms with Gasteiger partial charge in [0, 0.05) is 19.5 Å². The Bertz CT molecular complexity index is 494. The van der Waals surface area contributed by atoms with Gasteiger partial charge in [0.15, 0.2) is 0 Å². The third-order valence-electron chi connectivity index (χ3n) is 2.89. The Morgan fingerprint density at radius 1 is 1.58 bits per heavy atom. The van der Waals surface area contributed by atoms with Crippen LogP contribution < -0.4 is 10.5 Å². The molecule has 0 spiro atoms. The number of methoxy groups -OCH3 is 1. The number of nitrogens with two attached hydrogens (primary N) is 1. The number of carbonyl (C=O) groups is 1. The number of hydrogen-bond donors (Lipinski definition) is 1. The largest absolute Gasteiger partial charge is 0.496 e. The number of thiocarbonyl (C=S) groups is 1. The standard InChI is InChI=1S/C13H17FN2O2S/c1-8(7-11(15)19)16(2)13(17)12-9(14)5-4-6-10(12)18-3/h4-6,8H,7H2,1-3H3,(H2,15,19). The van der Waals surface area contributed by atoms with Crippen LogP contribution in [-0.2, 0) is 0 Å². The molecule has 0 heterocycles. The van der Waals surface area contributed by atoms with Gasteiger partial charge in [-0.25, -0.2) is 4.39 Å². The summed E-state index contributed by atoms with van der Waals surface area (Å²) in [5, 5.41) is 0. The Morgan fingerprint density at radius 2 is 2.21 bits per heavy atom. The average molecular weight is 284 g/mol. The van der Waals surface area contributed by atoms with Crippen LogP contribution in [0.4, 0.5) is 4.39 Å². The number of nitrogens with zero attached hydrogens (tertiary/aromatic N) is 1. The van der Waals surface area contributed by atoms with E-state index >= 15 is 0 Å². The minimum atomic E-state index is -0.612. The summed E-state index contributed by atoms with van der Waals surface area (Å²) >= 11 is 4.81. The Hall–Kier alpha value is -1.69. The van der Waals surface area contributed by atoms with Gasteiger partial charge < -0.3 is 15.4 Å². The van der Waals surface area contributed by atoms with E-state index in [1.807, 2.05) is 0 Å². The summed E-state index contributed by atoms with van der Waals surface area (Å²) in [6, 6.07) is 4.04. The molecule has 0 bridgehead atoms. The first-order valence-corrected chi connectivity index (χ1v) is 6.17. The van der Waals surface area contributed by atoms with Crippen molar-refractivity contribution in [1.29, 1.82) is 0 Å². The molecule has 0 aliphatic rings. The van der Waals surface area contributed by atoms with Gasteiger partial charge in [-0.1, -0.05) is 18.3 Å². The Kier molecular flexibility index (Phi) is 5.23. The second-order valence-corrected chi connectivity index (χ2v) is 4.78. The van der Waals surface area contributed by atoms with Crippen molar-refractivity contribution in [1.82, 2.24) is 4.90 Å². The van der Waals surface area contributed by atoms with E-state index in [0.29, 0.717) is 11.4 Å². The zero-order valence-corrected chi connectivity index (χ0v) is 12.0. The van der Waals surface area contributed by atoms with Crippen molar-refractivity contribution in [2.75, 3.05) is 14.2 Å². The summed E-state index contributed by atoms with van der Waals surface area (Å²) in [5.74, 6) is -0.864. The number of benzene rings is 1. The van der Waals surface area contributed by atoms with Crippen LogP contribution in [0, 0.1) is 5.82 Å². The highest BCUT2D eigenvalue weighted by molar-refractivity contribution is 7.80. The molecule has 0 fully saturated rings. The van der Waals surface area contributed by atoms with Crippen molar-refractivity contribution in [3.05, 3.63) is 29.6 Å². The number of halogens is 1. The molecule has 2 N–H and O–H groups in total. The highest BCUT2D eigenvalue weighted by Gasteiger charge is 2.24. The highest BCUT2D eigenvalue weighted by Crippen LogP contribution is 2.23. The van der Waals surface area contributed by atoms with Gasteiger partial charge in [0.1, 0.15) is 17.1 Å². The molecule has 1 unspecified atom stereocenters. The van der Waals surface area contributed by atoms with E-state index in [2.05, 4.69) is 0 Å². The van der Waals surface area contributed by atoms with E-state index in [1.165, 1.54) is 24.1 Å². The summed E-state index contributed by atoms with van der Waals surface area (Å²) in [4.78, 5) is 14.0. The predicted molar refractivity (Wildman–Crippen MR) is 75.9 cm³/mol. The lowest BCUT2D eigenvalue weighted by Gasteiger charge is -2.25. The van der Waals surface area contributed by atoms with Gasteiger partial charge in [-0.05, 0) is 19.1 Å². The zero-order chi connectivity index (χ0) is 14.6. The topological polar surface area (TPSA) is 55.6 Å². The maximum Gasteiger partial charge on any atom is 0.260 e. The average Bonchev–Trinajstić information content (AvgIpc) is 2.35. The molecule has 6 heteroatoms. The summed E-state index contributed by atoms with van der Waals surface area (Å²) in [5.41, 5.74) is 5.37. The molecule has 1 rings (SSSR count). The molecule has 0 radical (unpaired) electrons. The number of amides is 1. The van der Waals surface area contributed by atoms with Gasteiger partial charge in [0.2, 0.25) is 0 Å². The normalized spacial score (nSPS) is 11.8. The molecule has 1 aromatic rings. The smallest absolute Gasteiger partial charge is 0.260 e. The third kappa shape index (κ3) is 3.64. The predicted octanol–water partition coefficient (Wildman–Crippen LogP) is 1.97. The quantitative estimate of drug-likeness (QED) is 0.840. The molecule has 0 aromatic heterocycles. The maximum absolute atomic E-state index is 13.8. The van der Waals surface area contributed by atoms with Crippen LogP contribution in [0.1, 0.15) is 23.7 Å². The fourth-order valence-electron chi connectivity index (χ4n) is 1.69. The summed E-state index contributed by atoms with van der Waals surface area (Å²) < 4.78 is 18.8. The molecule has 0 saturated carbocycles. The molecule has 4 nitrogen and oxygen atoms in total. The first-order chi connectivity index (χ1) is 8.88. The second-order valence-electron chi connectivity index (χ2n) is 4.25. The van der Waals surface area contributed by atoms with Crippen LogP contribution in [0.5, 0.6) is 5.75 Å². The molecule has 1 atom stereocenters. The SMILES string of the molecule is COc1cccc(F)c1C(=O)N(C)C(C)CC(N)=S. The van der Waals surface area contributed by atoms with Gasteiger partial charge in [-0.2, -0.15) is 0 Å². The zero-order valence-electron chi connectivity index (χ0n) is 11.1. The van der Waals surface area contributed by atoms with Gasteiger partial charge in [0.25, 0.3) is 5.91 Å². The minimum absolute atomic E-state index is 0.0812. The first-order valence-electron chi connectivity index (χ1n) is 5.76. The van der Waals surface area contributed by atoms with Crippen molar-refractivity contribution in [2.45, 2.75) is 19.4 Å². The first kappa shape index (κ1) is 15.4. The van der Waals surface area contributed by atoms with Crippen LogP contribution in [-0.4, -0.2) is 36.0 Å². The lowest BCUT2D eigenvalue weighted by atomic mass is 10.1. The van der Waals surface area contributed by atoms with Crippen molar-refractivity contribution in [2.24, 2.45) is 5.73 Å². The molecule has 0 saturated heterocycles. The van der Waals surface area contributed by atoms with E-state index in [0.717, 1.165) is 0 Å². The molecule has 0 aliphatic carbocycles. The second kappa shape index (κ2) is 6.47. The molecular weight excluding hydrogens is 267 g/mol. The van der Waals surface area contributed by atoms with E-state index in [1.54, 1.807) is 20.0 Å². The van der Waals surface area contributed by atoms with Gasteiger partial charge >= 0.3 is 0 Å².